The fraction of sp³-hybridized carbons (Fsp3) is 0.174. The second-order valence-corrected chi connectivity index (χ2v) is 6.55. The van der Waals surface area contributed by atoms with Crippen LogP contribution in [0.15, 0.2) is 60.7 Å². The molecule has 0 aliphatic carbocycles. The van der Waals surface area contributed by atoms with Crippen molar-refractivity contribution in [2.45, 2.75) is 6.54 Å². The predicted octanol–water partition coefficient (Wildman–Crippen LogP) is 4.92. The number of aromatic nitrogens is 2. The molecule has 0 unspecified atom stereocenters. The van der Waals surface area contributed by atoms with Crippen LogP contribution in [0.3, 0.4) is 0 Å². The van der Waals surface area contributed by atoms with Crippen LogP contribution in [-0.2, 0) is 6.54 Å². The first-order valence-electron chi connectivity index (χ1n) is 9.14. The Morgan fingerprint density at radius 1 is 0.862 bits per heavy atom. The Morgan fingerprint density at radius 3 is 2.14 bits per heavy atom. The van der Waals surface area contributed by atoms with Crippen LogP contribution in [0.2, 0.25) is 0 Å². The van der Waals surface area contributed by atoms with Crippen molar-refractivity contribution in [3.63, 3.8) is 0 Å². The van der Waals surface area contributed by atoms with E-state index in [1.165, 1.54) is 12.1 Å². The van der Waals surface area contributed by atoms with Crippen molar-refractivity contribution in [2.24, 2.45) is 0 Å². The number of imidazole rings is 1. The summed E-state index contributed by atoms with van der Waals surface area (Å²) >= 11 is 0. The fourth-order valence-corrected chi connectivity index (χ4v) is 3.44. The van der Waals surface area contributed by atoms with Crippen molar-refractivity contribution in [1.82, 2.24) is 9.55 Å². The molecule has 0 amide bonds. The van der Waals surface area contributed by atoms with Crippen molar-refractivity contribution in [1.29, 1.82) is 0 Å². The highest BCUT2D eigenvalue weighted by Gasteiger charge is 2.19. The highest BCUT2D eigenvalue weighted by molar-refractivity contribution is 5.81. The van der Waals surface area contributed by atoms with Gasteiger partial charge in [-0.2, -0.15) is 0 Å². The highest BCUT2D eigenvalue weighted by Crippen LogP contribution is 2.41. The predicted molar refractivity (Wildman–Crippen MR) is 110 cm³/mol. The monoisotopic (exact) mass is 392 g/mol. The van der Waals surface area contributed by atoms with E-state index in [1.54, 1.807) is 33.5 Å². The van der Waals surface area contributed by atoms with Crippen LogP contribution >= 0.6 is 0 Å². The maximum absolute atomic E-state index is 13.3. The first-order valence-corrected chi connectivity index (χ1v) is 9.14. The average molecular weight is 392 g/mol. The Balaban J connectivity index is 1.91. The van der Waals surface area contributed by atoms with Gasteiger partial charge in [0.15, 0.2) is 11.5 Å². The lowest BCUT2D eigenvalue weighted by molar-refractivity contribution is 0.324. The summed E-state index contributed by atoms with van der Waals surface area (Å²) in [5.74, 6) is 2.15. The van der Waals surface area contributed by atoms with Crippen molar-refractivity contribution in [3.8, 4) is 28.6 Å². The summed E-state index contributed by atoms with van der Waals surface area (Å²) < 4.78 is 31.9. The van der Waals surface area contributed by atoms with Gasteiger partial charge in [-0.15, -0.1) is 0 Å². The van der Waals surface area contributed by atoms with E-state index in [-0.39, 0.29) is 5.82 Å². The van der Waals surface area contributed by atoms with Gasteiger partial charge in [-0.3, -0.25) is 0 Å². The number of rotatable bonds is 6. The second kappa shape index (κ2) is 7.83. The molecular weight excluding hydrogens is 371 g/mol. The second-order valence-electron chi connectivity index (χ2n) is 6.55. The summed E-state index contributed by atoms with van der Waals surface area (Å²) in [6.45, 7) is 0.548. The lowest BCUT2D eigenvalue weighted by atomic mass is 10.1. The van der Waals surface area contributed by atoms with Gasteiger partial charge in [0.05, 0.1) is 32.4 Å². The Hall–Kier alpha value is -3.54. The van der Waals surface area contributed by atoms with Crippen LogP contribution in [0.1, 0.15) is 5.56 Å². The van der Waals surface area contributed by atoms with Crippen LogP contribution in [0.25, 0.3) is 22.4 Å². The van der Waals surface area contributed by atoms with E-state index in [0.29, 0.717) is 23.8 Å². The number of benzene rings is 3. The van der Waals surface area contributed by atoms with Crippen LogP contribution in [-0.4, -0.2) is 30.9 Å². The first-order chi connectivity index (χ1) is 14.1. The third-order valence-corrected chi connectivity index (χ3v) is 4.83. The maximum Gasteiger partial charge on any atom is 0.203 e. The van der Waals surface area contributed by atoms with E-state index in [4.69, 9.17) is 19.2 Å². The molecule has 0 radical (unpaired) electrons. The van der Waals surface area contributed by atoms with Crippen molar-refractivity contribution in [2.75, 3.05) is 21.3 Å². The SMILES string of the molecule is COc1cc(-c2nc3ccccc3n2Cc2ccc(F)cc2)cc(OC)c1OC. The lowest BCUT2D eigenvalue weighted by Gasteiger charge is -2.15. The zero-order chi connectivity index (χ0) is 20.4. The summed E-state index contributed by atoms with van der Waals surface area (Å²) in [7, 11) is 4.74. The molecular formula is C23H21FN2O3. The van der Waals surface area contributed by atoms with E-state index in [9.17, 15) is 4.39 Å². The molecule has 4 rings (SSSR count). The molecule has 3 aromatic carbocycles. The molecule has 0 fully saturated rings. The summed E-state index contributed by atoms with van der Waals surface area (Å²) in [6.07, 6.45) is 0. The molecule has 4 aromatic rings. The summed E-state index contributed by atoms with van der Waals surface area (Å²) in [5.41, 5.74) is 3.67. The minimum Gasteiger partial charge on any atom is -0.493 e. The number of ether oxygens (including phenoxy) is 3. The molecule has 5 nitrogen and oxygen atoms in total. The van der Waals surface area contributed by atoms with Gasteiger partial charge in [0.25, 0.3) is 0 Å². The van der Waals surface area contributed by atoms with E-state index in [0.717, 1.165) is 28.0 Å². The van der Waals surface area contributed by atoms with Crippen molar-refractivity contribution >= 4 is 11.0 Å². The molecule has 1 heterocycles. The van der Waals surface area contributed by atoms with Gasteiger partial charge in [-0.1, -0.05) is 24.3 Å². The number of hydrogen-bond acceptors (Lipinski definition) is 4. The Labute approximate surface area is 168 Å². The summed E-state index contributed by atoms with van der Waals surface area (Å²) in [4.78, 5) is 4.84. The van der Waals surface area contributed by atoms with Gasteiger partial charge in [-0.25, -0.2) is 9.37 Å². The molecule has 1 aromatic heterocycles. The van der Waals surface area contributed by atoms with Crippen LogP contribution < -0.4 is 14.2 Å². The fourth-order valence-electron chi connectivity index (χ4n) is 3.44. The molecule has 0 atom stereocenters. The quantitative estimate of drug-likeness (QED) is 0.467. The van der Waals surface area contributed by atoms with E-state index in [2.05, 4.69) is 4.57 Å². The van der Waals surface area contributed by atoms with E-state index >= 15 is 0 Å². The molecule has 0 saturated heterocycles. The minimum atomic E-state index is -0.255. The van der Waals surface area contributed by atoms with Crippen molar-refractivity contribution in [3.05, 3.63) is 72.0 Å². The molecule has 0 N–H and O–H groups in total. The average Bonchev–Trinajstić information content (AvgIpc) is 3.12. The zero-order valence-corrected chi connectivity index (χ0v) is 16.5. The van der Waals surface area contributed by atoms with Gasteiger partial charge in [0, 0.05) is 12.1 Å². The van der Waals surface area contributed by atoms with Gasteiger partial charge in [0.2, 0.25) is 5.75 Å². The number of methoxy groups -OCH3 is 3. The van der Waals surface area contributed by atoms with Gasteiger partial charge < -0.3 is 18.8 Å². The van der Waals surface area contributed by atoms with Crippen LogP contribution in [0, 0.1) is 5.82 Å². The van der Waals surface area contributed by atoms with Crippen molar-refractivity contribution < 1.29 is 18.6 Å². The minimum absolute atomic E-state index is 0.255. The summed E-state index contributed by atoms with van der Waals surface area (Å²) in [6, 6.07) is 18.2. The molecule has 0 aliphatic heterocycles. The molecule has 6 heteroatoms. The molecule has 0 saturated carbocycles. The summed E-state index contributed by atoms with van der Waals surface area (Å²) in [5, 5.41) is 0. The lowest BCUT2D eigenvalue weighted by Crippen LogP contribution is -2.03. The van der Waals surface area contributed by atoms with Gasteiger partial charge in [0.1, 0.15) is 11.6 Å². The number of nitrogens with zero attached hydrogens (tertiary/aromatic N) is 2. The topological polar surface area (TPSA) is 45.5 Å². The largest absolute Gasteiger partial charge is 0.493 e. The number of halogens is 1. The van der Waals surface area contributed by atoms with Gasteiger partial charge >= 0.3 is 0 Å². The number of para-hydroxylation sites is 2. The molecule has 0 bridgehead atoms. The molecule has 29 heavy (non-hydrogen) atoms. The van der Waals surface area contributed by atoms with E-state index in [1.807, 2.05) is 36.4 Å². The Bertz CT molecular complexity index is 1130. The highest BCUT2D eigenvalue weighted by atomic mass is 19.1. The zero-order valence-electron chi connectivity index (χ0n) is 16.5. The molecule has 148 valence electrons. The van der Waals surface area contributed by atoms with Crippen LogP contribution in [0.4, 0.5) is 4.39 Å². The Morgan fingerprint density at radius 2 is 1.52 bits per heavy atom. The molecule has 0 spiro atoms. The third kappa shape index (κ3) is 3.49. The maximum atomic E-state index is 13.3. The van der Waals surface area contributed by atoms with E-state index < -0.39 is 0 Å². The van der Waals surface area contributed by atoms with Gasteiger partial charge in [-0.05, 0) is 42.0 Å². The van der Waals surface area contributed by atoms with Crippen LogP contribution in [0.5, 0.6) is 17.2 Å². The smallest absolute Gasteiger partial charge is 0.203 e. The first kappa shape index (κ1) is 18.8. The third-order valence-electron chi connectivity index (χ3n) is 4.83. The normalized spacial score (nSPS) is 10.9. The number of hydrogen-bond donors (Lipinski definition) is 0. The Kier molecular flexibility index (Phi) is 5.08. The number of fused-ring (bicyclic) bond motifs is 1. The molecule has 0 aliphatic rings. The standard InChI is InChI=1S/C23H21FN2O3/c1-27-20-12-16(13-21(28-2)22(20)29-3)23-25-18-6-4-5-7-19(18)26(23)14-15-8-10-17(24)11-9-15/h4-13H,14H2,1-3H3.